The summed E-state index contributed by atoms with van der Waals surface area (Å²) < 4.78 is 18.6. The average Bonchev–Trinajstić information content (AvgIpc) is 2.33. The highest BCUT2D eigenvalue weighted by Crippen LogP contribution is 2.27. The minimum absolute atomic E-state index is 0.308. The molecule has 1 unspecified atom stereocenters. The third kappa shape index (κ3) is 3.09. The molecule has 0 saturated carbocycles. The Balaban J connectivity index is 3.17. The molecule has 1 N–H and O–H groups in total. The molecule has 100 valence electrons. The van der Waals surface area contributed by atoms with Crippen molar-refractivity contribution in [2.24, 2.45) is 0 Å². The molecule has 0 aliphatic heterocycles. The largest absolute Gasteiger partial charge is 0.464 e. The molecule has 0 radical (unpaired) electrons. The second-order valence-electron chi connectivity index (χ2n) is 4.00. The molecule has 0 bridgehead atoms. The lowest BCUT2D eigenvalue weighted by Crippen LogP contribution is -2.47. The summed E-state index contributed by atoms with van der Waals surface area (Å²) in [6, 6.07) is 4.50. The molecule has 1 aromatic carbocycles. The lowest BCUT2D eigenvalue weighted by atomic mass is 9.92. The molecule has 0 spiro atoms. The number of benzene rings is 1. The van der Waals surface area contributed by atoms with Crippen LogP contribution in [0.15, 0.2) is 22.7 Å². The highest BCUT2D eigenvalue weighted by molar-refractivity contribution is 9.10. The van der Waals surface area contributed by atoms with Gasteiger partial charge in [-0.15, -0.1) is 0 Å². The van der Waals surface area contributed by atoms with Gasteiger partial charge in [0.1, 0.15) is 11.4 Å². The summed E-state index contributed by atoms with van der Waals surface area (Å²) >= 11 is 3.12. The first kappa shape index (κ1) is 15.1. The number of likely N-dealkylation sites (N-methyl/N-ethyl adjacent to an activating group) is 1. The third-order valence-electron chi connectivity index (χ3n) is 2.71. The first-order valence-corrected chi connectivity index (χ1v) is 6.62. The monoisotopic (exact) mass is 317 g/mol. The number of rotatable bonds is 5. The summed E-state index contributed by atoms with van der Waals surface area (Å²) in [5.74, 6) is -0.730. The van der Waals surface area contributed by atoms with Crippen molar-refractivity contribution in [3.05, 3.63) is 34.1 Å². The molecule has 0 saturated heterocycles. The normalized spacial score (nSPS) is 14.1. The third-order valence-corrected chi connectivity index (χ3v) is 3.32. The van der Waals surface area contributed by atoms with Gasteiger partial charge in [0.15, 0.2) is 0 Å². The van der Waals surface area contributed by atoms with Gasteiger partial charge in [0.25, 0.3) is 0 Å². The molecule has 0 aromatic heterocycles. The number of esters is 1. The standard InChI is InChI=1S/C13H17BrFNO2/c1-4-16-13(3,12(17)18-5-2)9-6-7-11(15)10(14)8-9/h6-8,16H,4-5H2,1-3H3. The van der Waals surface area contributed by atoms with Crippen LogP contribution in [-0.2, 0) is 15.1 Å². The van der Waals surface area contributed by atoms with E-state index in [1.165, 1.54) is 6.07 Å². The van der Waals surface area contributed by atoms with Gasteiger partial charge in [-0.3, -0.25) is 5.32 Å². The Labute approximate surface area is 115 Å². The van der Waals surface area contributed by atoms with Gasteiger partial charge in [-0.1, -0.05) is 13.0 Å². The Bertz CT molecular complexity index is 439. The molecular formula is C13H17BrFNO2. The van der Waals surface area contributed by atoms with E-state index in [1.807, 2.05) is 6.92 Å². The fraction of sp³-hybridized carbons (Fsp3) is 0.462. The van der Waals surface area contributed by atoms with Crippen LogP contribution < -0.4 is 5.32 Å². The summed E-state index contributed by atoms with van der Waals surface area (Å²) in [6.45, 7) is 6.29. The number of carbonyl (C=O) groups excluding carboxylic acids is 1. The fourth-order valence-corrected chi connectivity index (χ4v) is 2.11. The van der Waals surface area contributed by atoms with Gasteiger partial charge in [0.05, 0.1) is 11.1 Å². The minimum Gasteiger partial charge on any atom is -0.464 e. The number of carbonyl (C=O) groups is 1. The molecule has 1 atom stereocenters. The number of hydrogen-bond donors (Lipinski definition) is 1. The predicted octanol–water partition coefficient (Wildman–Crippen LogP) is 2.98. The summed E-state index contributed by atoms with van der Waals surface area (Å²) in [7, 11) is 0. The van der Waals surface area contributed by atoms with Crippen molar-refractivity contribution < 1.29 is 13.9 Å². The van der Waals surface area contributed by atoms with E-state index in [0.717, 1.165) is 0 Å². The average molecular weight is 318 g/mol. The summed E-state index contributed by atoms with van der Waals surface area (Å²) in [5, 5.41) is 3.09. The second-order valence-corrected chi connectivity index (χ2v) is 4.86. The molecule has 18 heavy (non-hydrogen) atoms. The van der Waals surface area contributed by atoms with Crippen LogP contribution in [0.5, 0.6) is 0 Å². The molecular weight excluding hydrogens is 301 g/mol. The zero-order valence-corrected chi connectivity index (χ0v) is 12.3. The molecule has 0 heterocycles. The Morgan fingerprint density at radius 2 is 2.17 bits per heavy atom. The highest BCUT2D eigenvalue weighted by atomic mass is 79.9. The smallest absolute Gasteiger partial charge is 0.330 e. The zero-order chi connectivity index (χ0) is 13.8. The maximum atomic E-state index is 13.2. The number of hydrogen-bond acceptors (Lipinski definition) is 3. The van der Waals surface area contributed by atoms with Crippen molar-refractivity contribution in [2.75, 3.05) is 13.2 Å². The predicted molar refractivity (Wildman–Crippen MR) is 71.8 cm³/mol. The summed E-state index contributed by atoms with van der Waals surface area (Å²) in [5.41, 5.74) is -0.308. The summed E-state index contributed by atoms with van der Waals surface area (Å²) in [6.07, 6.45) is 0. The number of ether oxygens (including phenoxy) is 1. The van der Waals surface area contributed by atoms with E-state index in [2.05, 4.69) is 21.2 Å². The lowest BCUT2D eigenvalue weighted by molar-refractivity contribution is -0.151. The van der Waals surface area contributed by atoms with E-state index in [0.29, 0.717) is 23.2 Å². The van der Waals surface area contributed by atoms with Gasteiger partial charge in [0, 0.05) is 0 Å². The van der Waals surface area contributed by atoms with E-state index >= 15 is 0 Å². The molecule has 0 aliphatic rings. The molecule has 0 fully saturated rings. The van der Waals surface area contributed by atoms with Crippen LogP contribution in [0.2, 0.25) is 0 Å². The van der Waals surface area contributed by atoms with Crippen molar-refractivity contribution in [1.82, 2.24) is 5.32 Å². The topological polar surface area (TPSA) is 38.3 Å². The van der Waals surface area contributed by atoms with Crippen LogP contribution in [0.1, 0.15) is 26.3 Å². The summed E-state index contributed by atoms with van der Waals surface area (Å²) in [4.78, 5) is 12.1. The quantitative estimate of drug-likeness (QED) is 0.848. The van der Waals surface area contributed by atoms with Crippen LogP contribution in [0, 0.1) is 5.82 Å². The van der Waals surface area contributed by atoms with E-state index < -0.39 is 5.54 Å². The maximum Gasteiger partial charge on any atom is 0.330 e. The van der Waals surface area contributed by atoms with Crippen molar-refractivity contribution >= 4 is 21.9 Å². The number of halogens is 2. The minimum atomic E-state index is -0.971. The van der Waals surface area contributed by atoms with Gasteiger partial charge in [0.2, 0.25) is 0 Å². The van der Waals surface area contributed by atoms with E-state index in [1.54, 1.807) is 26.0 Å². The molecule has 0 amide bonds. The highest BCUT2D eigenvalue weighted by Gasteiger charge is 2.36. The van der Waals surface area contributed by atoms with E-state index in [9.17, 15) is 9.18 Å². The van der Waals surface area contributed by atoms with Crippen LogP contribution in [-0.4, -0.2) is 19.1 Å². The SMILES string of the molecule is CCNC(C)(C(=O)OCC)c1ccc(F)c(Br)c1. The van der Waals surface area contributed by atoms with Gasteiger partial charge in [-0.25, -0.2) is 9.18 Å². The Morgan fingerprint density at radius 3 is 2.67 bits per heavy atom. The van der Waals surface area contributed by atoms with E-state index in [4.69, 9.17) is 4.74 Å². The first-order chi connectivity index (χ1) is 8.45. The van der Waals surface area contributed by atoms with Crippen LogP contribution in [0.25, 0.3) is 0 Å². The van der Waals surface area contributed by atoms with Gasteiger partial charge >= 0.3 is 5.97 Å². The Kier molecular flexibility index (Phi) is 5.28. The van der Waals surface area contributed by atoms with Crippen LogP contribution in [0.3, 0.4) is 0 Å². The Hall–Kier alpha value is -0.940. The fourth-order valence-electron chi connectivity index (χ4n) is 1.73. The van der Waals surface area contributed by atoms with Crippen LogP contribution >= 0.6 is 15.9 Å². The molecule has 1 aromatic rings. The Morgan fingerprint density at radius 1 is 1.50 bits per heavy atom. The molecule has 0 aliphatic carbocycles. The van der Waals surface area contributed by atoms with Gasteiger partial charge < -0.3 is 4.74 Å². The van der Waals surface area contributed by atoms with Crippen LogP contribution in [0.4, 0.5) is 4.39 Å². The lowest BCUT2D eigenvalue weighted by Gasteiger charge is -2.28. The van der Waals surface area contributed by atoms with Crippen molar-refractivity contribution in [2.45, 2.75) is 26.3 Å². The van der Waals surface area contributed by atoms with Gasteiger partial charge in [-0.2, -0.15) is 0 Å². The molecule has 5 heteroatoms. The number of nitrogens with one attached hydrogen (secondary N) is 1. The van der Waals surface area contributed by atoms with Crippen molar-refractivity contribution in [3.8, 4) is 0 Å². The first-order valence-electron chi connectivity index (χ1n) is 5.83. The molecule has 1 rings (SSSR count). The zero-order valence-electron chi connectivity index (χ0n) is 10.7. The van der Waals surface area contributed by atoms with Gasteiger partial charge in [-0.05, 0) is 54.0 Å². The van der Waals surface area contributed by atoms with E-state index in [-0.39, 0.29) is 11.8 Å². The van der Waals surface area contributed by atoms with Crippen molar-refractivity contribution in [3.63, 3.8) is 0 Å². The van der Waals surface area contributed by atoms with Crippen molar-refractivity contribution in [1.29, 1.82) is 0 Å². The maximum absolute atomic E-state index is 13.2. The second kappa shape index (κ2) is 6.29. The molecule has 3 nitrogen and oxygen atoms in total.